The van der Waals surface area contributed by atoms with Gasteiger partial charge in [-0.25, -0.2) is 9.78 Å². The highest BCUT2D eigenvalue weighted by Gasteiger charge is 2.54. The van der Waals surface area contributed by atoms with Crippen molar-refractivity contribution in [3.8, 4) is 0 Å². The summed E-state index contributed by atoms with van der Waals surface area (Å²) in [5.74, 6) is -1.53. The van der Waals surface area contributed by atoms with Crippen LogP contribution in [0, 0.1) is 5.41 Å². The summed E-state index contributed by atoms with van der Waals surface area (Å²) >= 11 is 4.08. The molecule has 0 radical (unpaired) electrons. The monoisotopic (exact) mass is 599 g/mol. The quantitative estimate of drug-likeness (QED) is 0.137. The summed E-state index contributed by atoms with van der Waals surface area (Å²) in [5.41, 5.74) is 5.32. The highest BCUT2D eigenvalue weighted by Crippen LogP contribution is 2.46. The largest absolute Gasteiger partial charge is 0.427 e. The zero-order chi connectivity index (χ0) is 28.3. The van der Waals surface area contributed by atoms with E-state index in [4.69, 9.17) is 24.8 Å². The Morgan fingerprint density at radius 2 is 2.10 bits per heavy atom. The third-order valence-electron chi connectivity index (χ3n) is 5.79. The Hall–Kier alpha value is -2.82. The molecule has 4 heterocycles. The van der Waals surface area contributed by atoms with Crippen LogP contribution in [0.25, 0.3) is 0 Å². The van der Waals surface area contributed by atoms with E-state index in [1.807, 2.05) is 0 Å². The number of nitrogens with two attached hydrogens (primary N) is 1. The number of fused-ring (bicyclic) bond motifs is 1. The Morgan fingerprint density at radius 1 is 1.33 bits per heavy atom. The predicted octanol–water partition coefficient (Wildman–Crippen LogP) is 1.30. The van der Waals surface area contributed by atoms with E-state index in [1.54, 1.807) is 32.2 Å². The molecule has 2 amide bonds. The first-order chi connectivity index (χ1) is 18.5. The van der Waals surface area contributed by atoms with Gasteiger partial charge in [0.25, 0.3) is 5.91 Å². The van der Waals surface area contributed by atoms with Crippen LogP contribution in [0.5, 0.6) is 0 Å². The normalized spacial score (nSPS) is 24.8. The van der Waals surface area contributed by atoms with Gasteiger partial charge in [0, 0.05) is 11.1 Å². The van der Waals surface area contributed by atoms with E-state index in [9.17, 15) is 19.2 Å². The Bertz CT molecular complexity index is 1200. The number of carbonyl (C=O) groups is 4. The average molecular weight is 600 g/mol. The van der Waals surface area contributed by atoms with Gasteiger partial charge < -0.3 is 30.1 Å². The minimum atomic E-state index is -0.735. The number of nitrogen functional groups attached to an aromatic ring is 1. The predicted molar refractivity (Wildman–Crippen MR) is 145 cm³/mol. The van der Waals surface area contributed by atoms with Crippen molar-refractivity contribution in [2.45, 2.75) is 49.3 Å². The van der Waals surface area contributed by atoms with Gasteiger partial charge in [-0.3, -0.25) is 19.3 Å². The van der Waals surface area contributed by atoms with Crippen molar-refractivity contribution in [3.05, 3.63) is 22.8 Å². The molecule has 1 aromatic rings. The molecule has 4 rings (SSSR count). The summed E-state index contributed by atoms with van der Waals surface area (Å²) in [7, 11) is 1.32. The standard InChI is InChI=1S/C23H29N5O8S3/c1-23(2,3)21(32)36-10-35-20(31)12-6-8-37-19-15(18(30)28(12)19)39-13-5-7-34-17(13)26-16(29)14(27-33-4)11-9-38-22(24)25-11/h6,9,13,15,17,19H,5,7-8,10H2,1-4H3,(H2,24,25)(H,26,29)/b27-14-. The maximum atomic E-state index is 13.1. The number of hydrogen-bond acceptors (Lipinski definition) is 14. The summed E-state index contributed by atoms with van der Waals surface area (Å²) in [6.07, 6.45) is 1.56. The molecule has 0 aliphatic carbocycles. The number of amides is 2. The molecule has 1 aromatic heterocycles. The number of esters is 2. The van der Waals surface area contributed by atoms with Gasteiger partial charge in [0.1, 0.15) is 35.4 Å². The van der Waals surface area contributed by atoms with Gasteiger partial charge >= 0.3 is 11.9 Å². The van der Waals surface area contributed by atoms with Gasteiger partial charge in [0.05, 0.1) is 17.3 Å². The number of hydrogen-bond donors (Lipinski definition) is 2. The molecule has 4 atom stereocenters. The molecule has 0 saturated carbocycles. The number of oxime groups is 1. The summed E-state index contributed by atoms with van der Waals surface area (Å²) in [6.45, 7) is 4.93. The lowest BCUT2D eigenvalue weighted by molar-refractivity contribution is -0.173. The van der Waals surface area contributed by atoms with E-state index in [2.05, 4.69) is 15.5 Å². The number of rotatable bonds is 9. The Kier molecular flexibility index (Phi) is 9.08. The minimum Gasteiger partial charge on any atom is -0.427 e. The maximum Gasteiger partial charge on any atom is 0.357 e. The molecule has 13 nitrogen and oxygen atoms in total. The van der Waals surface area contributed by atoms with Crippen LogP contribution in [0.4, 0.5) is 5.13 Å². The first kappa shape index (κ1) is 29.2. The van der Waals surface area contributed by atoms with Crippen LogP contribution in [-0.4, -0.2) is 87.7 Å². The van der Waals surface area contributed by atoms with Gasteiger partial charge in [-0.15, -0.1) is 34.9 Å². The van der Waals surface area contributed by atoms with Crippen LogP contribution in [-0.2, 0) is 38.2 Å². The molecule has 212 valence electrons. The lowest BCUT2D eigenvalue weighted by Gasteiger charge is -2.49. The third kappa shape index (κ3) is 6.50. The first-order valence-electron chi connectivity index (χ1n) is 11.9. The lowest BCUT2D eigenvalue weighted by Crippen LogP contribution is -2.63. The average Bonchev–Trinajstić information content (AvgIpc) is 3.52. The number of β-lactam (4-membered cyclic amide) rings is 1. The first-order valence-corrected chi connectivity index (χ1v) is 14.8. The maximum absolute atomic E-state index is 13.1. The van der Waals surface area contributed by atoms with E-state index in [0.717, 1.165) is 0 Å². The Balaban J connectivity index is 1.33. The minimum absolute atomic E-state index is 0.0418. The van der Waals surface area contributed by atoms with E-state index >= 15 is 0 Å². The fourth-order valence-corrected chi connectivity index (χ4v) is 7.30. The van der Waals surface area contributed by atoms with Crippen LogP contribution in [0.1, 0.15) is 32.9 Å². The van der Waals surface area contributed by atoms with Crippen LogP contribution in [0.2, 0.25) is 0 Å². The van der Waals surface area contributed by atoms with Gasteiger partial charge in [-0.05, 0) is 33.3 Å². The Morgan fingerprint density at radius 3 is 2.77 bits per heavy atom. The van der Waals surface area contributed by atoms with Crippen molar-refractivity contribution in [3.63, 3.8) is 0 Å². The van der Waals surface area contributed by atoms with Crippen molar-refractivity contribution >= 4 is 69.5 Å². The molecule has 3 N–H and O–H groups in total. The summed E-state index contributed by atoms with van der Waals surface area (Å²) in [4.78, 5) is 60.9. The number of carbonyl (C=O) groups excluding carboxylic acids is 4. The topological polar surface area (TPSA) is 172 Å². The van der Waals surface area contributed by atoms with Crippen molar-refractivity contribution in [2.75, 3.05) is 32.0 Å². The molecule has 0 bridgehead atoms. The number of nitrogens with one attached hydrogen (secondary N) is 1. The fraction of sp³-hybridized carbons (Fsp3) is 0.565. The molecule has 0 aromatic carbocycles. The van der Waals surface area contributed by atoms with Gasteiger partial charge in [0.2, 0.25) is 12.7 Å². The van der Waals surface area contributed by atoms with E-state index < -0.39 is 41.5 Å². The second-order valence-corrected chi connectivity index (χ2v) is 13.0. The molecular weight excluding hydrogens is 570 g/mol. The SMILES string of the molecule is CO/N=C(\C(=O)NC1OCCC1SC1C(=O)N2C(C(=O)OCOC(=O)C(C)(C)C)=CCSC12)c1csc(N)n1. The van der Waals surface area contributed by atoms with Gasteiger partial charge in [0.15, 0.2) is 10.8 Å². The van der Waals surface area contributed by atoms with Crippen LogP contribution < -0.4 is 11.1 Å². The lowest BCUT2D eigenvalue weighted by atomic mass is 9.98. The zero-order valence-electron chi connectivity index (χ0n) is 21.7. The number of thiazole rings is 1. The highest BCUT2D eigenvalue weighted by molar-refractivity contribution is 8.05. The second kappa shape index (κ2) is 12.1. The van der Waals surface area contributed by atoms with Crippen molar-refractivity contribution in [1.82, 2.24) is 15.2 Å². The van der Waals surface area contributed by atoms with Crippen LogP contribution >= 0.6 is 34.9 Å². The molecule has 16 heteroatoms. The van der Waals surface area contributed by atoms with Crippen LogP contribution in [0.15, 0.2) is 22.3 Å². The van der Waals surface area contributed by atoms with Crippen LogP contribution in [0.3, 0.4) is 0 Å². The van der Waals surface area contributed by atoms with E-state index in [-0.39, 0.29) is 38.8 Å². The number of anilines is 1. The second-order valence-electron chi connectivity index (χ2n) is 9.60. The summed E-state index contributed by atoms with van der Waals surface area (Å²) < 4.78 is 15.8. The zero-order valence-corrected chi connectivity index (χ0v) is 24.2. The molecular formula is C23H29N5O8S3. The number of nitrogens with zero attached hydrogens (tertiary/aromatic N) is 3. The van der Waals surface area contributed by atoms with Gasteiger partial charge in [-0.2, -0.15) is 0 Å². The molecule has 39 heavy (non-hydrogen) atoms. The molecule has 2 saturated heterocycles. The Labute approximate surface area is 237 Å². The van der Waals surface area contributed by atoms with Gasteiger partial charge in [-0.1, -0.05) is 5.16 Å². The van der Waals surface area contributed by atoms with E-state index in [1.165, 1.54) is 46.9 Å². The molecule has 2 fully saturated rings. The smallest absolute Gasteiger partial charge is 0.357 e. The number of aromatic nitrogens is 1. The summed E-state index contributed by atoms with van der Waals surface area (Å²) in [6, 6.07) is 0. The third-order valence-corrected chi connectivity index (χ3v) is 9.41. The molecule has 0 spiro atoms. The number of thioether (sulfide) groups is 2. The van der Waals surface area contributed by atoms with Crippen molar-refractivity contribution in [1.29, 1.82) is 0 Å². The highest BCUT2D eigenvalue weighted by atomic mass is 32.2. The van der Waals surface area contributed by atoms with E-state index in [0.29, 0.717) is 18.8 Å². The molecule has 4 unspecified atom stereocenters. The number of ether oxygens (including phenoxy) is 3. The fourth-order valence-electron chi connectivity index (χ4n) is 3.84. The molecule has 3 aliphatic rings. The summed E-state index contributed by atoms with van der Waals surface area (Å²) in [5, 5.41) is 7.53. The van der Waals surface area contributed by atoms with Crippen molar-refractivity contribution < 1.29 is 38.2 Å². The van der Waals surface area contributed by atoms with Crippen molar-refractivity contribution in [2.24, 2.45) is 10.6 Å². The molecule has 3 aliphatic heterocycles.